The Labute approximate surface area is 115 Å². The van der Waals surface area contributed by atoms with E-state index in [1.165, 1.54) is 18.2 Å². The van der Waals surface area contributed by atoms with Gasteiger partial charge >= 0.3 is 0 Å². The van der Waals surface area contributed by atoms with E-state index >= 15 is 0 Å². The summed E-state index contributed by atoms with van der Waals surface area (Å²) in [6, 6.07) is 11.1. The molecule has 0 aliphatic rings. The van der Waals surface area contributed by atoms with Crippen LogP contribution in [0.15, 0.2) is 42.5 Å². The fourth-order valence-electron chi connectivity index (χ4n) is 1.53. The Bertz CT molecular complexity index is 599. The zero-order valence-corrected chi connectivity index (χ0v) is 10.7. The first kappa shape index (κ1) is 13.4. The van der Waals surface area contributed by atoms with Gasteiger partial charge in [-0.1, -0.05) is 35.9 Å². The molecule has 2 rings (SSSR count). The lowest BCUT2D eigenvalue weighted by atomic mass is 10.1. The van der Waals surface area contributed by atoms with E-state index in [1.807, 2.05) is 12.1 Å². The average Bonchev–Trinajstić information content (AvgIpc) is 2.38. The monoisotopic (exact) mass is 278 g/mol. The molecule has 19 heavy (non-hydrogen) atoms. The van der Waals surface area contributed by atoms with Crippen LogP contribution in [0.3, 0.4) is 0 Å². The van der Waals surface area contributed by atoms with Gasteiger partial charge in [0.2, 0.25) is 0 Å². The minimum atomic E-state index is -0.400. The minimum Gasteiger partial charge on any atom is -0.487 e. The molecule has 0 aliphatic carbocycles. The molecule has 2 aromatic rings. The van der Waals surface area contributed by atoms with Crippen LogP contribution in [0, 0.1) is 11.2 Å². The number of halogens is 2. The molecular weight excluding hydrogens is 267 g/mol. The highest BCUT2D eigenvalue weighted by Gasteiger charge is 2.04. The fraction of sp³-hybridized carbons (Fsp3) is 0.0714. The summed E-state index contributed by atoms with van der Waals surface area (Å²) < 4.78 is 18.4. The van der Waals surface area contributed by atoms with Crippen LogP contribution in [-0.2, 0) is 6.61 Å². The van der Waals surface area contributed by atoms with E-state index in [9.17, 15) is 4.39 Å². The van der Waals surface area contributed by atoms with Crippen molar-refractivity contribution in [2.45, 2.75) is 6.61 Å². The third-order valence-electron chi connectivity index (χ3n) is 2.55. The van der Waals surface area contributed by atoms with Gasteiger partial charge in [0.05, 0.1) is 5.02 Å². The van der Waals surface area contributed by atoms with E-state index in [4.69, 9.17) is 27.5 Å². The van der Waals surface area contributed by atoms with Crippen molar-refractivity contribution in [3.63, 3.8) is 0 Å². The van der Waals surface area contributed by atoms with Crippen molar-refractivity contribution in [2.24, 2.45) is 5.73 Å². The van der Waals surface area contributed by atoms with Crippen LogP contribution in [0.2, 0.25) is 5.02 Å². The standard InChI is InChI=1S/C14H12ClFN2O/c15-12-7-11(16)5-6-13(12)19-8-9-1-3-10(4-2-9)14(17)18/h1-7H,8H2,(H3,17,18). The van der Waals surface area contributed by atoms with Crippen molar-refractivity contribution < 1.29 is 9.13 Å². The summed E-state index contributed by atoms with van der Waals surface area (Å²) in [5.74, 6) is 0.0518. The van der Waals surface area contributed by atoms with Gasteiger partial charge in [-0.25, -0.2) is 4.39 Å². The summed E-state index contributed by atoms with van der Waals surface area (Å²) in [7, 11) is 0. The van der Waals surface area contributed by atoms with Gasteiger partial charge in [0.25, 0.3) is 0 Å². The van der Waals surface area contributed by atoms with Crippen molar-refractivity contribution in [3.05, 3.63) is 64.4 Å². The molecule has 0 radical (unpaired) electrons. The van der Waals surface area contributed by atoms with Crippen molar-refractivity contribution >= 4 is 17.4 Å². The predicted molar refractivity (Wildman–Crippen MR) is 73.2 cm³/mol. The number of ether oxygens (including phenoxy) is 1. The Morgan fingerprint density at radius 3 is 2.47 bits per heavy atom. The molecule has 0 aromatic heterocycles. The first-order chi connectivity index (χ1) is 9.06. The van der Waals surface area contributed by atoms with Gasteiger partial charge in [-0.3, -0.25) is 5.41 Å². The van der Waals surface area contributed by atoms with Gasteiger partial charge in [0.15, 0.2) is 0 Å². The van der Waals surface area contributed by atoms with Crippen LogP contribution in [0.1, 0.15) is 11.1 Å². The van der Waals surface area contributed by atoms with Crippen LogP contribution >= 0.6 is 11.6 Å². The summed E-state index contributed by atoms with van der Waals surface area (Å²) in [5, 5.41) is 7.52. The van der Waals surface area contributed by atoms with Crippen molar-refractivity contribution in [3.8, 4) is 5.75 Å². The number of amidine groups is 1. The highest BCUT2D eigenvalue weighted by molar-refractivity contribution is 6.32. The van der Waals surface area contributed by atoms with Crippen molar-refractivity contribution in [2.75, 3.05) is 0 Å². The van der Waals surface area contributed by atoms with Gasteiger partial charge in [-0.2, -0.15) is 0 Å². The summed E-state index contributed by atoms with van der Waals surface area (Å²) in [6.45, 7) is 0.309. The molecule has 0 saturated carbocycles. The smallest absolute Gasteiger partial charge is 0.138 e. The summed E-state index contributed by atoms with van der Waals surface area (Å²) in [4.78, 5) is 0. The number of nitrogen functional groups attached to an aromatic ring is 1. The van der Waals surface area contributed by atoms with E-state index in [0.717, 1.165) is 5.56 Å². The second-order valence-corrected chi connectivity index (χ2v) is 4.38. The number of nitrogens with two attached hydrogens (primary N) is 1. The molecule has 98 valence electrons. The zero-order chi connectivity index (χ0) is 13.8. The molecular formula is C14H12ClFN2O. The Morgan fingerprint density at radius 2 is 1.89 bits per heavy atom. The Balaban J connectivity index is 2.04. The molecule has 0 bridgehead atoms. The van der Waals surface area contributed by atoms with Gasteiger partial charge in [-0.15, -0.1) is 0 Å². The first-order valence-corrected chi connectivity index (χ1v) is 5.95. The number of hydrogen-bond donors (Lipinski definition) is 2. The molecule has 3 N–H and O–H groups in total. The van der Waals surface area contributed by atoms with E-state index in [1.54, 1.807) is 12.1 Å². The minimum absolute atomic E-state index is 0.0223. The molecule has 5 heteroatoms. The third-order valence-corrected chi connectivity index (χ3v) is 2.85. The van der Waals surface area contributed by atoms with E-state index < -0.39 is 5.82 Å². The fourth-order valence-corrected chi connectivity index (χ4v) is 1.76. The van der Waals surface area contributed by atoms with Gasteiger partial charge < -0.3 is 10.5 Å². The van der Waals surface area contributed by atoms with E-state index in [0.29, 0.717) is 17.9 Å². The van der Waals surface area contributed by atoms with Crippen LogP contribution in [0.5, 0.6) is 5.75 Å². The molecule has 0 heterocycles. The molecule has 0 saturated heterocycles. The highest BCUT2D eigenvalue weighted by atomic mass is 35.5. The third kappa shape index (κ3) is 3.45. The van der Waals surface area contributed by atoms with Crippen LogP contribution in [-0.4, -0.2) is 5.84 Å². The maximum absolute atomic E-state index is 12.9. The predicted octanol–water partition coefficient (Wildman–Crippen LogP) is 3.34. The Morgan fingerprint density at radius 1 is 1.21 bits per heavy atom. The van der Waals surface area contributed by atoms with E-state index in [-0.39, 0.29) is 10.9 Å². The lowest BCUT2D eigenvalue weighted by Gasteiger charge is -2.08. The van der Waals surface area contributed by atoms with Crippen LogP contribution in [0.4, 0.5) is 4.39 Å². The number of benzene rings is 2. The summed E-state index contributed by atoms with van der Waals surface area (Å²) in [5.41, 5.74) is 6.93. The largest absolute Gasteiger partial charge is 0.487 e. The topological polar surface area (TPSA) is 59.1 Å². The van der Waals surface area contributed by atoms with Crippen LogP contribution in [0.25, 0.3) is 0 Å². The second kappa shape index (κ2) is 5.71. The molecule has 0 spiro atoms. The molecule has 3 nitrogen and oxygen atoms in total. The lowest BCUT2D eigenvalue weighted by molar-refractivity contribution is 0.306. The molecule has 0 amide bonds. The average molecular weight is 279 g/mol. The molecule has 0 atom stereocenters. The lowest BCUT2D eigenvalue weighted by Crippen LogP contribution is -2.10. The normalized spacial score (nSPS) is 10.2. The highest BCUT2D eigenvalue weighted by Crippen LogP contribution is 2.25. The van der Waals surface area contributed by atoms with Gasteiger partial charge in [0, 0.05) is 5.56 Å². The molecule has 0 aliphatic heterocycles. The van der Waals surface area contributed by atoms with Crippen molar-refractivity contribution in [1.82, 2.24) is 0 Å². The van der Waals surface area contributed by atoms with Crippen LogP contribution < -0.4 is 10.5 Å². The Kier molecular flexibility index (Phi) is 4.02. The zero-order valence-electron chi connectivity index (χ0n) is 9.99. The molecule has 2 aromatic carbocycles. The number of hydrogen-bond acceptors (Lipinski definition) is 2. The SMILES string of the molecule is N=C(N)c1ccc(COc2ccc(F)cc2Cl)cc1. The second-order valence-electron chi connectivity index (χ2n) is 3.97. The van der Waals surface area contributed by atoms with E-state index in [2.05, 4.69) is 0 Å². The maximum Gasteiger partial charge on any atom is 0.138 e. The summed E-state index contributed by atoms with van der Waals surface area (Å²) >= 11 is 5.85. The number of nitrogens with one attached hydrogen (secondary N) is 1. The quantitative estimate of drug-likeness (QED) is 0.666. The maximum atomic E-state index is 12.9. The van der Waals surface area contributed by atoms with Crippen molar-refractivity contribution in [1.29, 1.82) is 5.41 Å². The Hall–Kier alpha value is -2.07. The summed E-state index contributed by atoms with van der Waals surface area (Å²) in [6.07, 6.45) is 0. The molecule has 0 fully saturated rings. The molecule has 0 unspecified atom stereocenters. The first-order valence-electron chi connectivity index (χ1n) is 5.57. The van der Waals surface area contributed by atoms with Gasteiger partial charge in [0.1, 0.15) is 24.0 Å². The number of rotatable bonds is 4. The van der Waals surface area contributed by atoms with Gasteiger partial charge in [-0.05, 0) is 23.8 Å².